The number of carbonyl (C=O) groups is 1. The van der Waals surface area contributed by atoms with Gasteiger partial charge in [-0.3, -0.25) is 4.79 Å². The van der Waals surface area contributed by atoms with Crippen molar-refractivity contribution >= 4 is 23.1 Å². The second kappa shape index (κ2) is 14.1. The second-order valence-corrected chi connectivity index (χ2v) is 12.3. The number of allylic oxidation sites excluding steroid dienone is 1. The number of Topliss-reactive ketones (excluding diaryl/α,β-unsaturated/α-hetero) is 1. The van der Waals surface area contributed by atoms with Crippen molar-refractivity contribution in [3.8, 4) is 5.75 Å². The summed E-state index contributed by atoms with van der Waals surface area (Å²) in [5, 5.41) is 0.924. The molecule has 0 unspecified atom stereocenters. The monoisotopic (exact) mass is 626 g/mol. The van der Waals surface area contributed by atoms with Gasteiger partial charge in [0.1, 0.15) is 12.1 Å². The third kappa shape index (κ3) is 6.48. The minimum atomic E-state index is -0.965. The Bertz CT molecular complexity index is 1690. The van der Waals surface area contributed by atoms with Gasteiger partial charge in [-0.2, -0.15) is 0 Å². The van der Waals surface area contributed by atoms with Gasteiger partial charge in [0.2, 0.25) is 0 Å². The van der Waals surface area contributed by atoms with E-state index in [0.29, 0.717) is 22.6 Å². The number of ketones is 1. The summed E-state index contributed by atoms with van der Waals surface area (Å²) in [7, 11) is 2.13. The molecule has 0 bridgehead atoms. The van der Waals surface area contributed by atoms with Crippen molar-refractivity contribution in [1.29, 1.82) is 0 Å². The summed E-state index contributed by atoms with van der Waals surface area (Å²) in [5.74, 6) is 0.507. The van der Waals surface area contributed by atoms with Crippen molar-refractivity contribution < 1.29 is 9.53 Å². The number of hydrogen-bond acceptors (Lipinski definition) is 7. The lowest BCUT2D eigenvalue weighted by Gasteiger charge is -2.36. The van der Waals surface area contributed by atoms with Gasteiger partial charge in [0.05, 0.1) is 16.3 Å². The summed E-state index contributed by atoms with van der Waals surface area (Å²) < 4.78 is 7.22. The Morgan fingerprint density at radius 2 is 1.35 bits per heavy atom. The standard InChI is InChI=1S/C39H38N4O2S/c1-29-25-30(37(44)36(35-19-20-40-28-41-35)38(46-3)43-23-21-42(2)22-24-43)27-34(26-29)45-39(31-13-7-4-8-14-31,32-15-9-5-10-16-32)33-17-11-6-12-18-33/h4-20,25-28H,21-24H2,1-3H3/b38-36+. The first-order chi connectivity index (χ1) is 22.5. The van der Waals surface area contributed by atoms with E-state index in [0.717, 1.165) is 53.5 Å². The normalized spacial score (nSPS) is 14.5. The molecule has 232 valence electrons. The van der Waals surface area contributed by atoms with Crippen molar-refractivity contribution in [2.75, 3.05) is 39.5 Å². The summed E-state index contributed by atoms with van der Waals surface area (Å²) in [6, 6.07) is 38.4. The van der Waals surface area contributed by atoms with Crippen LogP contribution < -0.4 is 4.74 Å². The van der Waals surface area contributed by atoms with Gasteiger partial charge in [-0.15, -0.1) is 11.8 Å². The highest BCUT2D eigenvalue weighted by Crippen LogP contribution is 2.42. The molecule has 6 rings (SSSR count). The number of carbonyl (C=O) groups excluding carboxylic acids is 1. The van der Waals surface area contributed by atoms with Crippen LogP contribution in [0.1, 0.15) is 38.3 Å². The average Bonchev–Trinajstić information content (AvgIpc) is 3.11. The molecule has 1 aliphatic rings. The summed E-state index contributed by atoms with van der Waals surface area (Å²) in [4.78, 5) is 28.0. The smallest absolute Gasteiger partial charge is 0.197 e. The highest BCUT2D eigenvalue weighted by Gasteiger charge is 2.39. The van der Waals surface area contributed by atoms with Gasteiger partial charge in [0, 0.05) is 54.6 Å². The molecule has 0 aliphatic carbocycles. The molecule has 0 spiro atoms. The van der Waals surface area contributed by atoms with Crippen molar-refractivity contribution in [1.82, 2.24) is 19.8 Å². The summed E-state index contributed by atoms with van der Waals surface area (Å²) >= 11 is 1.59. The van der Waals surface area contributed by atoms with E-state index in [9.17, 15) is 4.79 Å². The maximum atomic E-state index is 14.7. The molecule has 1 fully saturated rings. The van der Waals surface area contributed by atoms with E-state index in [1.165, 1.54) is 6.33 Å². The van der Waals surface area contributed by atoms with Crippen LogP contribution in [-0.4, -0.2) is 65.0 Å². The summed E-state index contributed by atoms with van der Waals surface area (Å²) in [6.07, 6.45) is 5.22. The minimum absolute atomic E-state index is 0.0970. The first-order valence-electron chi connectivity index (χ1n) is 15.5. The van der Waals surface area contributed by atoms with Crippen LogP contribution >= 0.6 is 11.8 Å². The van der Waals surface area contributed by atoms with E-state index in [-0.39, 0.29) is 5.78 Å². The van der Waals surface area contributed by atoms with Crippen molar-refractivity contribution in [2.45, 2.75) is 12.5 Å². The number of likely N-dealkylation sites (N-methyl/N-ethyl adjacent to an activating group) is 1. The van der Waals surface area contributed by atoms with Crippen LogP contribution in [-0.2, 0) is 5.60 Å². The number of ether oxygens (including phenoxy) is 1. The molecule has 0 amide bonds. The Labute approximate surface area is 275 Å². The van der Waals surface area contributed by atoms with E-state index in [4.69, 9.17) is 4.74 Å². The van der Waals surface area contributed by atoms with Crippen LogP contribution in [0.4, 0.5) is 0 Å². The second-order valence-electron chi connectivity index (χ2n) is 11.5. The predicted molar refractivity (Wildman–Crippen MR) is 187 cm³/mol. The molecule has 1 aromatic heterocycles. The zero-order valence-corrected chi connectivity index (χ0v) is 27.3. The van der Waals surface area contributed by atoms with Gasteiger partial charge in [0.25, 0.3) is 0 Å². The molecular weight excluding hydrogens is 589 g/mol. The molecule has 1 saturated heterocycles. The predicted octanol–water partition coefficient (Wildman–Crippen LogP) is 7.32. The first-order valence-corrected chi connectivity index (χ1v) is 16.7. The number of benzene rings is 4. The minimum Gasteiger partial charge on any atom is -0.473 e. The van der Waals surface area contributed by atoms with Crippen molar-refractivity contribution in [2.24, 2.45) is 0 Å². The van der Waals surface area contributed by atoms with E-state index in [1.807, 2.05) is 92.0 Å². The maximum Gasteiger partial charge on any atom is 0.197 e. The van der Waals surface area contributed by atoms with E-state index in [1.54, 1.807) is 18.0 Å². The number of aryl methyl sites for hydroxylation is 1. The van der Waals surface area contributed by atoms with Crippen LogP contribution in [0.15, 0.2) is 133 Å². The highest BCUT2D eigenvalue weighted by molar-refractivity contribution is 8.02. The molecule has 2 heterocycles. The van der Waals surface area contributed by atoms with Crippen molar-refractivity contribution in [3.63, 3.8) is 0 Å². The average molecular weight is 627 g/mol. The molecule has 0 radical (unpaired) electrons. The molecule has 6 nitrogen and oxygen atoms in total. The Morgan fingerprint density at radius 1 is 0.783 bits per heavy atom. The largest absolute Gasteiger partial charge is 0.473 e. The van der Waals surface area contributed by atoms with Crippen LogP contribution in [0.3, 0.4) is 0 Å². The van der Waals surface area contributed by atoms with Gasteiger partial charge in [-0.25, -0.2) is 9.97 Å². The molecule has 4 aromatic carbocycles. The van der Waals surface area contributed by atoms with E-state index >= 15 is 0 Å². The fourth-order valence-electron chi connectivity index (χ4n) is 6.11. The third-order valence-electron chi connectivity index (χ3n) is 8.39. The Kier molecular flexibility index (Phi) is 9.62. The number of hydrogen-bond donors (Lipinski definition) is 0. The van der Waals surface area contributed by atoms with Crippen LogP contribution in [0.2, 0.25) is 0 Å². The van der Waals surface area contributed by atoms with Crippen LogP contribution in [0, 0.1) is 6.92 Å². The molecule has 1 aliphatic heterocycles. The number of nitrogens with zero attached hydrogens (tertiary/aromatic N) is 4. The van der Waals surface area contributed by atoms with E-state index < -0.39 is 5.60 Å². The molecule has 7 heteroatoms. The van der Waals surface area contributed by atoms with Crippen LogP contribution in [0.5, 0.6) is 5.75 Å². The van der Waals surface area contributed by atoms with Gasteiger partial charge in [0.15, 0.2) is 11.4 Å². The number of thioether (sulfide) groups is 1. The molecule has 5 aromatic rings. The number of aromatic nitrogens is 2. The van der Waals surface area contributed by atoms with Crippen molar-refractivity contribution in [3.05, 3.63) is 166 Å². The number of piperazine rings is 1. The lowest BCUT2D eigenvalue weighted by Crippen LogP contribution is -2.43. The van der Waals surface area contributed by atoms with Gasteiger partial charge in [-0.1, -0.05) is 91.0 Å². The fourth-order valence-corrected chi connectivity index (χ4v) is 6.96. The Morgan fingerprint density at radius 3 is 1.85 bits per heavy atom. The molecule has 46 heavy (non-hydrogen) atoms. The Hall–Kier alpha value is -4.72. The van der Waals surface area contributed by atoms with Gasteiger partial charge >= 0.3 is 0 Å². The third-order valence-corrected chi connectivity index (χ3v) is 9.24. The molecule has 0 N–H and O–H groups in total. The summed E-state index contributed by atoms with van der Waals surface area (Å²) in [5.41, 5.74) is 4.67. The highest BCUT2D eigenvalue weighted by atomic mass is 32.2. The topological polar surface area (TPSA) is 58.6 Å². The SMILES string of the molecule is CS/C(=C(/C(=O)c1cc(C)cc(OC(c2ccccc2)(c2ccccc2)c2ccccc2)c1)c1ccncn1)N1CCN(C)CC1. The molecule has 0 atom stereocenters. The van der Waals surface area contributed by atoms with Gasteiger partial charge in [-0.05, 0) is 50.1 Å². The lowest BCUT2D eigenvalue weighted by atomic mass is 9.80. The lowest BCUT2D eigenvalue weighted by molar-refractivity contribution is 0.105. The zero-order valence-electron chi connectivity index (χ0n) is 26.5. The molecular formula is C39H38N4O2S. The number of rotatable bonds is 10. The quantitative estimate of drug-likeness (QED) is 0.0915. The van der Waals surface area contributed by atoms with Gasteiger partial charge < -0.3 is 14.5 Å². The molecule has 0 saturated carbocycles. The maximum absolute atomic E-state index is 14.7. The summed E-state index contributed by atoms with van der Waals surface area (Å²) in [6.45, 7) is 5.54. The zero-order chi connectivity index (χ0) is 31.9. The van der Waals surface area contributed by atoms with Crippen LogP contribution in [0.25, 0.3) is 5.57 Å². The fraction of sp³-hybridized carbons (Fsp3) is 0.205. The first kappa shape index (κ1) is 31.3. The van der Waals surface area contributed by atoms with E-state index in [2.05, 4.69) is 63.2 Å². The Balaban J connectivity index is 1.50.